The van der Waals surface area contributed by atoms with E-state index in [9.17, 15) is 0 Å². The molecule has 0 bridgehead atoms. The van der Waals surface area contributed by atoms with E-state index in [2.05, 4.69) is 17.9 Å². The summed E-state index contributed by atoms with van der Waals surface area (Å²) in [5.41, 5.74) is 5.87. The Labute approximate surface area is 80.5 Å². The van der Waals surface area contributed by atoms with Crippen molar-refractivity contribution < 1.29 is 0 Å². The van der Waals surface area contributed by atoms with Gasteiger partial charge in [0.1, 0.15) is 0 Å². The van der Waals surface area contributed by atoms with Gasteiger partial charge in [-0.2, -0.15) is 5.26 Å². The van der Waals surface area contributed by atoms with Crippen LogP contribution in [0.3, 0.4) is 0 Å². The van der Waals surface area contributed by atoms with Crippen LogP contribution in [0.4, 0.5) is 0 Å². The molecule has 1 heterocycles. The second kappa shape index (κ2) is 5.21. The molecule has 0 aromatic heterocycles. The number of nitrogens with zero attached hydrogens (tertiary/aromatic N) is 2. The van der Waals surface area contributed by atoms with Crippen molar-refractivity contribution in [1.82, 2.24) is 4.90 Å². The van der Waals surface area contributed by atoms with Gasteiger partial charge < -0.3 is 10.6 Å². The molecule has 3 nitrogen and oxygen atoms in total. The van der Waals surface area contributed by atoms with E-state index in [0.717, 1.165) is 19.6 Å². The Bertz CT molecular complexity index is 183. The molecule has 0 saturated carbocycles. The molecule has 0 aliphatic carbocycles. The molecule has 0 amide bonds. The zero-order valence-electron chi connectivity index (χ0n) is 8.37. The van der Waals surface area contributed by atoms with E-state index in [-0.39, 0.29) is 0 Å². The van der Waals surface area contributed by atoms with Gasteiger partial charge in [-0.3, -0.25) is 0 Å². The van der Waals surface area contributed by atoms with Crippen LogP contribution in [0.25, 0.3) is 0 Å². The van der Waals surface area contributed by atoms with Gasteiger partial charge in [0.15, 0.2) is 0 Å². The largest absolute Gasteiger partial charge is 0.328 e. The Hall–Kier alpha value is -0.590. The summed E-state index contributed by atoms with van der Waals surface area (Å²) in [5.74, 6) is 0.632. The predicted molar refractivity (Wildman–Crippen MR) is 53.0 cm³/mol. The average molecular weight is 181 g/mol. The van der Waals surface area contributed by atoms with Gasteiger partial charge in [-0.05, 0) is 32.2 Å². The van der Waals surface area contributed by atoms with Gasteiger partial charge in [0.05, 0.1) is 6.07 Å². The van der Waals surface area contributed by atoms with Crippen molar-refractivity contribution in [2.24, 2.45) is 11.7 Å². The Morgan fingerprint density at radius 1 is 1.69 bits per heavy atom. The highest BCUT2D eigenvalue weighted by molar-refractivity contribution is 4.80. The molecule has 2 N–H and O–H groups in total. The third kappa shape index (κ3) is 3.33. The van der Waals surface area contributed by atoms with Gasteiger partial charge in [0, 0.05) is 25.6 Å². The van der Waals surface area contributed by atoms with Gasteiger partial charge in [0.25, 0.3) is 0 Å². The van der Waals surface area contributed by atoms with E-state index in [1.807, 2.05) is 0 Å². The number of nitrogens with two attached hydrogens (primary N) is 1. The van der Waals surface area contributed by atoms with Crippen LogP contribution in [-0.2, 0) is 0 Å². The summed E-state index contributed by atoms with van der Waals surface area (Å²) in [4.78, 5) is 2.36. The third-order valence-electron chi connectivity index (χ3n) is 2.83. The first-order chi connectivity index (χ1) is 6.24. The topological polar surface area (TPSA) is 53.0 Å². The fraction of sp³-hybridized carbons (Fsp3) is 0.900. The number of nitriles is 1. The molecule has 2 unspecified atom stereocenters. The van der Waals surface area contributed by atoms with Crippen molar-refractivity contribution in [3.63, 3.8) is 0 Å². The minimum absolute atomic E-state index is 0.296. The second-order valence-electron chi connectivity index (χ2n) is 3.97. The molecular weight excluding hydrogens is 162 g/mol. The van der Waals surface area contributed by atoms with Crippen molar-refractivity contribution in [2.45, 2.75) is 32.2 Å². The molecule has 3 heteroatoms. The second-order valence-corrected chi connectivity index (χ2v) is 3.97. The van der Waals surface area contributed by atoms with E-state index < -0.39 is 0 Å². The Morgan fingerprint density at radius 2 is 2.46 bits per heavy atom. The zero-order chi connectivity index (χ0) is 9.68. The normalized spacial score (nSPS) is 26.7. The number of piperidine rings is 1. The molecule has 1 aliphatic rings. The predicted octanol–water partition coefficient (Wildman–Crippen LogP) is 0.959. The number of hydrogen-bond acceptors (Lipinski definition) is 3. The number of rotatable bonds is 3. The van der Waals surface area contributed by atoms with Crippen molar-refractivity contribution >= 4 is 0 Å². The van der Waals surface area contributed by atoms with Crippen molar-refractivity contribution in [2.75, 3.05) is 19.6 Å². The standard InChI is InChI=1S/C10H19N3/c1-9(12)10-4-2-6-13(8-10)7-3-5-11/h9-10H,2-4,6-8,12H2,1H3. The molecule has 1 aliphatic heterocycles. The van der Waals surface area contributed by atoms with E-state index in [4.69, 9.17) is 11.0 Å². The molecule has 0 radical (unpaired) electrons. The lowest BCUT2D eigenvalue weighted by molar-refractivity contribution is 0.164. The third-order valence-corrected chi connectivity index (χ3v) is 2.83. The highest BCUT2D eigenvalue weighted by Gasteiger charge is 2.21. The van der Waals surface area contributed by atoms with Gasteiger partial charge in [0.2, 0.25) is 0 Å². The maximum absolute atomic E-state index is 8.47. The SMILES string of the molecule is CC(N)C1CCCN(CCC#N)C1. The quantitative estimate of drug-likeness (QED) is 0.705. The summed E-state index contributed by atoms with van der Waals surface area (Å²) in [6.07, 6.45) is 3.13. The minimum atomic E-state index is 0.296. The lowest BCUT2D eigenvalue weighted by Crippen LogP contribution is -2.42. The van der Waals surface area contributed by atoms with Crippen molar-refractivity contribution in [3.8, 4) is 6.07 Å². The molecule has 0 aromatic rings. The van der Waals surface area contributed by atoms with E-state index >= 15 is 0 Å². The Kier molecular flexibility index (Phi) is 4.20. The molecule has 13 heavy (non-hydrogen) atoms. The van der Waals surface area contributed by atoms with E-state index in [0.29, 0.717) is 18.4 Å². The molecule has 1 fully saturated rings. The Morgan fingerprint density at radius 3 is 3.08 bits per heavy atom. The van der Waals surface area contributed by atoms with Crippen LogP contribution in [-0.4, -0.2) is 30.6 Å². The zero-order valence-corrected chi connectivity index (χ0v) is 8.37. The first-order valence-electron chi connectivity index (χ1n) is 5.09. The first-order valence-corrected chi connectivity index (χ1v) is 5.09. The smallest absolute Gasteiger partial charge is 0.0635 e. The molecule has 2 atom stereocenters. The van der Waals surface area contributed by atoms with Crippen LogP contribution in [0.15, 0.2) is 0 Å². The highest BCUT2D eigenvalue weighted by atomic mass is 15.1. The van der Waals surface area contributed by atoms with Gasteiger partial charge in [-0.25, -0.2) is 0 Å². The fourth-order valence-corrected chi connectivity index (χ4v) is 1.93. The van der Waals surface area contributed by atoms with Crippen LogP contribution in [0, 0.1) is 17.2 Å². The van der Waals surface area contributed by atoms with Crippen LogP contribution in [0.5, 0.6) is 0 Å². The lowest BCUT2D eigenvalue weighted by atomic mass is 9.92. The highest BCUT2D eigenvalue weighted by Crippen LogP contribution is 2.18. The average Bonchev–Trinajstić information content (AvgIpc) is 2.15. The minimum Gasteiger partial charge on any atom is -0.328 e. The maximum Gasteiger partial charge on any atom is 0.0635 e. The molecule has 0 aromatic carbocycles. The van der Waals surface area contributed by atoms with Crippen LogP contribution in [0.2, 0.25) is 0 Å². The van der Waals surface area contributed by atoms with Crippen molar-refractivity contribution in [1.29, 1.82) is 5.26 Å². The van der Waals surface area contributed by atoms with E-state index in [1.54, 1.807) is 0 Å². The molecule has 0 spiro atoms. The monoisotopic (exact) mass is 181 g/mol. The lowest BCUT2D eigenvalue weighted by Gasteiger charge is -2.34. The Balaban J connectivity index is 2.29. The van der Waals surface area contributed by atoms with Crippen molar-refractivity contribution in [3.05, 3.63) is 0 Å². The van der Waals surface area contributed by atoms with Gasteiger partial charge in [-0.15, -0.1) is 0 Å². The maximum atomic E-state index is 8.47. The van der Waals surface area contributed by atoms with Crippen LogP contribution >= 0.6 is 0 Å². The molecule has 1 rings (SSSR count). The first kappa shape index (κ1) is 10.5. The molecule has 74 valence electrons. The summed E-state index contributed by atoms with van der Waals surface area (Å²) in [6.45, 7) is 5.22. The summed E-state index contributed by atoms with van der Waals surface area (Å²) in [6, 6.07) is 2.48. The number of hydrogen-bond donors (Lipinski definition) is 1. The van der Waals surface area contributed by atoms with Crippen LogP contribution in [0.1, 0.15) is 26.2 Å². The van der Waals surface area contributed by atoms with Gasteiger partial charge >= 0.3 is 0 Å². The summed E-state index contributed by atoms with van der Waals surface area (Å²) >= 11 is 0. The molecular formula is C10H19N3. The van der Waals surface area contributed by atoms with Gasteiger partial charge in [-0.1, -0.05) is 0 Å². The summed E-state index contributed by atoms with van der Waals surface area (Å²) < 4.78 is 0. The molecule has 1 saturated heterocycles. The fourth-order valence-electron chi connectivity index (χ4n) is 1.93. The van der Waals surface area contributed by atoms with Crippen LogP contribution < -0.4 is 5.73 Å². The number of likely N-dealkylation sites (tertiary alicyclic amines) is 1. The summed E-state index contributed by atoms with van der Waals surface area (Å²) in [7, 11) is 0. The summed E-state index contributed by atoms with van der Waals surface area (Å²) in [5, 5.41) is 8.47. The van der Waals surface area contributed by atoms with E-state index in [1.165, 1.54) is 12.8 Å².